The van der Waals surface area contributed by atoms with Crippen LogP contribution in [-0.2, 0) is 9.78 Å². The summed E-state index contributed by atoms with van der Waals surface area (Å²) in [6.45, 7) is 0.632. The zero-order valence-corrected chi connectivity index (χ0v) is 11.5. The fourth-order valence-corrected chi connectivity index (χ4v) is 2.61. The number of hydrogen-bond acceptors (Lipinski definition) is 3. The molecule has 1 atom stereocenters. The number of hydrogen-bond donors (Lipinski definition) is 0. The quantitative estimate of drug-likeness (QED) is 0.518. The highest BCUT2D eigenvalue weighted by Gasteiger charge is 2.16. The van der Waals surface area contributed by atoms with E-state index < -0.39 is 0 Å². The maximum atomic E-state index is 5.77. The molecule has 1 unspecified atom stereocenters. The molecule has 1 aliphatic rings. The standard InChI is InChI=1S/C18H15O3/c1-2-5-14-11-16-12-17(20-18-6-3-9-19-21-18)8-7-15(16)10-13(14)4-1/h1-2,4-5,7-8,10-11,18H,3,6,9H2. The fraction of sp³-hybridized carbons (Fsp3) is 0.222. The second-order valence-electron chi connectivity index (χ2n) is 5.22. The molecule has 21 heavy (non-hydrogen) atoms. The van der Waals surface area contributed by atoms with Gasteiger partial charge < -0.3 is 4.74 Å². The molecule has 1 aliphatic heterocycles. The highest BCUT2D eigenvalue weighted by molar-refractivity contribution is 5.98. The van der Waals surface area contributed by atoms with Gasteiger partial charge in [0, 0.05) is 12.5 Å². The van der Waals surface area contributed by atoms with Crippen molar-refractivity contribution in [2.45, 2.75) is 19.1 Å². The molecule has 0 aromatic heterocycles. The molecule has 1 fully saturated rings. The van der Waals surface area contributed by atoms with E-state index in [9.17, 15) is 0 Å². The summed E-state index contributed by atoms with van der Waals surface area (Å²) in [7, 11) is 0. The summed E-state index contributed by atoms with van der Waals surface area (Å²) >= 11 is 0. The lowest BCUT2D eigenvalue weighted by Crippen LogP contribution is -2.25. The lowest BCUT2D eigenvalue weighted by Gasteiger charge is -2.22. The Kier molecular flexibility index (Phi) is 3.22. The third-order valence-electron chi connectivity index (χ3n) is 3.69. The van der Waals surface area contributed by atoms with Crippen LogP contribution in [0.25, 0.3) is 21.5 Å². The zero-order chi connectivity index (χ0) is 14.1. The first-order valence-electron chi connectivity index (χ1n) is 7.18. The van der Waals surface area contributed by atoms with Crippen molar-refractivity contribution in [1.29, 1.82) is 0 Å². The van der Waals surface area contributed by atoms with Crippen LogP contribution in [0.3, 0.4) is 0 Å². The summed E-state index contributed by atoms with van der Waals surface area (Å²) in [5.41, 5.74) is 0. The van der Waals surface area contributed by atoms with Gasteiger partial charge in [-0.2, -0.15) is 4.89 Å². The monoisotopic (exact) mass is 279 g/mol. The van der Waals surface area contributed by atoms with Gasteiger partial charge in [-0.15, -0.1) is 0 Å². The summed E-state index contributed by atoms with van der Waals surface area (Å²) < 4.78 is 5.77. The van der Waals surface area contributed by atoms with Crippen molar-refractivity contribution in [3.63, 3.8) is 0 Å². The lowest BCUT2D eigenvalue weighted by atomic mass is 10.0. The zero-order valence-electron chi connectivity index (χ0n) is 11.5. The fourth-order valence-electron chi connectivity index (χ4n) is 2.61. The van der Waals surface area contributed by atoms with E-state index in [1.54, 1.807) is 0 Å². The van der Waals surface area contributed by atoms with Crippen LogP contribution in [0.2, 0.25) is 0 Å². The molecule has 1 radical (unpaired) electrons. The number of ether oxygens (including phenoxy) is 1. The van der Waals surface area contributed by atoms with Gasteiger partial charge in [-0.25, -0.2) is 4.89 Å². The van der Waals surface area contributed by atoms with E-state index in [-0.39, 0.29) is 6.29 Å². The van der Waals surface area contributed by atoms with E-state index in [0.29, 0.717) is 12.4 Å². The lowest BCUT2D eigenvalue weighted by molar-refractivity contribution is -0.382. The van der Waals surface area contributed by atoms with Crippen LogP contribution >= 0.6 is 0 Å². The van der Waals surface area contributed by atoms with Gasteiger partial charge in [-0.1, -0.05) is 30.3 Å². The molecular weight excluding hydrogens is 264 g/mol. The molecule has 0 aliphatic carbocycles. The largest absolute Gasteiger partial charge is 0.461 e. The SMILES string of the molecule is [c]1c(OC2CCCOO2)ccc2cc3ccccc3cc12. The van der Waals surface area contributed by atoms with Crippen LogP contribution in [0.4, 0.5) is 0 Å². The topological polar surface area (TPSA) is 27.7 Å². The first-order valence-corrected chi connectivity index (χ1v) is 7.18. The van der Waals surface area contributed by atoms with E-state index >= 15 is 0 Å². The van der Waals surface area contributed by atoms with Crippen LogP contribution in [0.15, 0.2) is 48.5 Å². The van der Waals surface area contributed by atoms with E-state index in [4.69, 9.17) is 14.5 Å². The summed E-state index contributed by atoms with van der Waals surface area (Å²) in [6.07, 6.45) is 1.44. The molecule has 0 saturated carbocycles. The molecule has 3 aromatic rings. The number of fused-ring (bicyclic) bond motifs is 2. The van der Waals surface area contributed by atoms with Crippen molar-refractivity contribution in [1.82, 2.24) is 0 Å². The molecule has 4 rings (SSSR count). The van der Waals surface area contributed by atoms with Gasteiger partial charge in [0.1, 0.15) is 5.75 Å². The van der Waals surface area contributed by atoms with Crippen LogP contribution in [0.1, 0.15) is 12.8 Å². The second-order valence-corrected chi connectivity index (χ2v) is 5.22. The first-order chi connectivity index (χ1) is 10.4. The van der Waals surface area contributed by atoms with Gasteiger partial charge in [0.2, 0.25) is 6.29 Å². The smallest absolute Gasteiger partial charge is 0.231 e. The van der Waals surface area contributed by atoms with Crippen molar-refractivity contribution < 1.29 is 14.5 Å². The van der Waals surface area contributed by atoms with Crippen LogP contribution < -0.4 is 4.74 Å². The van der Waals surface area contributed by atoms with Crippen LogP contribution in [-0.4, -0.2) is 12.9 Å². The predicted molar refractivity (Wildman–Crippen MR) is 81.0 cm³/mol. The molecule has 0 bridgehead atoms. The average molecular weight is 279 g/mol. The number of benzene rings is 3. The van der Waals surface area contributed by atoms with E-state index in [1.807, 2.05) is 12.1 Å². The molecule has 0 amide bonds. The molecule has 1 saturated heterocycles. The molecule has 0 N–H and O–H groups in total. The molecule has 3 nitrogen and oxygen atoms in total. The van der Waals surface area contributed by atoms with Gasteiger partial charge in [-0.05, 0) is 46.2 Å². The van der Waals surface area contributed by atoms with Crippen LogP contribution in [0, 0.1) is 6.07 Å². The van der Waals surface area contributed by atoms with Gasteiger partial charge in [0.25, 0.3) is 0 Å². The average Bonchev–Trinajstić information content (AvgIpc) is 2.54. The molecule has 0 spiro atoms. The minimum absolute atomic E-state index is 0.340. The van der Waals surface area contributed by atoms with Crippen molar-refractivity contribution in [3.05, 3.63) is 54.6 Å². The maximum Gasteiger partial charge on any atom is 0.231 e. The third kappa shape index (κ3) is 2.58. The molecule has 105 valence electrons. The second kappa shape index (κ2) is 5.35. The summed E-state index contributed by atoms with van der Waals surface area (Å²) in [5.74, 6) is 0.688. The summed E-state index contributed by atoms with van der Waals surface area (Å²) in [4.78, 5) is 10.1. The van der Waals surface area contributed by atoms with Gasteiger partial charge in [-0.3, -0.25) is 0 Å². The Morgan fingerprint density at radius 3 is 2.67 bits per heavy atom. The predicted octanol–water partition coefficient (Wildman–Crippen LogP) is 4.24. The summed E-state index contributed by atoms with van der Waals surface area (Å²) in [6, 6.07) is 19.9. The highest BCUT2D eigenvalue weighted by atomic mass is 17.2. The molecule has 3 aromatic carbocycles. The van der Waals surface area contributed by atoms with Crippen molar-refractivity contribution >= 4 is 21.5 Å². The van der Waals surface area contributed by atoms with Crippen molar-refractivity contribution in [2.75, 3.05) is 6.61 Å². The Hall–Kier alpha value is -2.10. The Labute approximate surface area is 123 Å². The van der Waals surface area contributed by atoms with Gasteiger partial charge >= 0.3 is 0 Å². The normalized spacial score (nSPS) is 19.0. The molecule has 1 heterocycles. The minimum atomic E-state index is -0.340. The first kappa shape index (κ1) is 12.6. The van der Waals surface area contributed by atoms with Gasteiger partial charge in [0.05, 0.1) is 6.61 Å². The van der Waals surface area contributed by atoms with E-state index in [1.165, 1.54) is 10.8 Å². The molecular formula is C18H15O3. The Morgan fingerprint density at radius 2 is 1.86 bits per heavy atom. The van der Waals surface area contributed by atoms with Crippen LogP contribution in [0.5, 0.6) is 5.75 Å². The van der Waals surface area contributed by atoms with Crippen molar-refractivity contribution in [2.24, 2.45) is 0 Å². The Bertz CT molecular complexity index is 776. The highest BCUT2D eigenvalue weighted by Crippen LogP contribution is 2.27. The van der Waals surface area contributed by atoms with Gasteiger partial charge in [0.15, 0.2) is 0 Å². The molecule has 3 heteroatoms. The minimum Gasteiger partial charge on any atom is -0.461 e. The maximum absolute atomic E-state index is 5.77. The summed E-state index contributed by atoms with van der Waals surface area (Å²) in [5, 5.41) is 4.64. The third-order valence-corrected chi connectivity index (χ3v) is 3.69. The Morgan fingerprint density at radius 1 is 1.00 bits per heavy atom. The number of rotatable bonds is 2. The Balaban J connectivity index is 1.69. The van der Waals surface area contributed by atoms with E-state index in [0.717, 1.165) is 23.6 Å². The van der Waals surface area contributed by atoms with Crippen molar-refractivity contribution in [3.8, 4) is 5.75 Å². The van der Waals surface area contributed by atoms with E-state index in [2.05, 4.69) is 42.5 Å².